The topological polar surface area (TPSA) is 71.5 Å². The fourth-order valence-electron chi connectivity index (χ4n) is 5.01. The van der Waals surface area contributed by atoms with Gasteiger partial charge in [0.25, 0.3) is 0 Å². The molecule has 7 heteroatoms. The van der Waals surface area contributed by atoms with E-state index in [1.807, 2.05) is 29.2 Å². The molecule has 0 bridgehead atoms. The Balaban J connectivity index is 1.28. The van der Waals surface area contributed by atoms with Crippen LogP contribution in [0.1, 0.15) is 34.6 Å². The van der Waals surface area contributed by atoms with Crippen LogP contribution in [0.2, 0.25) is 0 Å². The molecule has 178 valence electrons. The zero-order valence-electron chi connectivity index (χ0n) is 20.0. The van der Waals surface area contributed by atoms with E-state index in [0.29, 0.717) is 29.6 Å². The maximum absolute atomic E-state index is 12.9. The van der Waals surface area contributed by atoms with Crippen molar-refractivity contribution in [1.82, 2.24) is 9.80 Å². The largest absolute Gasteiger partial charge is 0.504 e. The van der Waals surface area contributed by atoms with E-state index in [1.54, 1.807) is 21.3 Å². The Morgan fingerprint density at radius 2 is 1.70 bits per heavy atom. The lowest BCUT2D eigenvalue weighted by Gasteiger charge is -2.34. The van der Waals surface area contributed by atoms with Crippen LogP contribution in [0.25, 0.3) is 0 Å². The van der Waals surface area contributed by atoms with Crippen LogP contribution >= 0.6 is 0 Å². The first-order chi connectivity index (χ1) is 15.9. The van der Waals surface area contributed by atoms with Crippen molar-refractivity contribution in [3.63, 3.8) is 0 Å². The van der Waals surface area contributed by atoms with Crippen molar-refractivity contribution in [2.75, 3.05) is 54.6 Å². The fourth-order valence-corrected chi connectivity index (χ4v) is 5.01. The second-order valence-electron chi connectivity index (χ2n) is 9.02. The van der Waals surface area contributed by atoms with Crippen molar-refractivity contribution in [3.8, 4) is 23.0 Å². The van der Waals surface area contributed by atoms with E-state index in [4.69, 9.17) is 14.2 Å². The smallest absolute Gasteiger partial charge is 0.227 e. The zero-order chi connectivity index (χ0) is 23.5. The van der Waals surface area contributed by atoms with Crippen LogP contribution in [0.5, 0.6) is 23.0 Å². The molecule has 1 aliphatic carbocycles. The van der Waals surface area contributed by atoms with Crippen LogP contribution in [0.4, 0.5) is 0 Å². The van der Waals surface area contributed by atoms with Gasteiger partial charge in [-0.1, -0.05) is 0 Å². The van der Waals surface area contributed by atoms with Crippen LogP contribution in [0, 0.1) is 0 Å². The van der Waals surface area contributed by atoms with Gasteiger partial charge in [-0.3, -0.25) is 4.79 Å². The average molecular weight is 455 g/mol. The molecule has 0 spiro atoms. The number of carbonyl (C=O) groups is 1. The van der Waals surface area contributed by atoms with Gasteiger partial charge >= 0.3 is 0 Å². The monoisotopic (exact) mass is 454 g/mol. The van der Waals surface area contributed by atoms with Crippen LogP contribution < -0.4 is 14.2 Å². The third-order valence-corrected chi connectivity index (χ3v) is 6.90. The highest BCUT2D eigenvalue weighted by atomic mass is 16.5. The normalized spacial score (nSPS) is 17.2. The van der Waals surface area contributed by atoms with Crippen LogP contribution in [0.3, 0.4) is 0 Å². The molecule has 4 rings (SSSR count). The molecule has 1 unspecified atom stereocenters. The molecule has 1 amide bonds. The summed E-state index contributed by atoms with van der Waals surface area (Å²) in [5.41, 5.74) is 4.66. The Morgan fingerprint density at radius 3 is 2.39 bits per heavy atom. The van der Waals surface area contributed by atoms with Crippen molar-refractivity contribution >= 4 is 5.91 Å². The highest BCUT2D eigenvalue weighted by molar-refractivity contribution is 5.80. The van der Waals surface area contributed by atoms with Gasteiger partial charge < -0.3 is 29.1 Å². The van der Waals surface area contributed by atoms with E-state index in [0.717, 1.165) is 56.6 Å². The Bertz CT molecular complexity index is 1020. The lowest BCUT2D eigenvalue weighted by atomic mass is 9.77. The molecule has 33 heavy (non-hydrogen) atoms. The summed E-state index contributed by atoms with van der Waals surface area (Å²) in [5.74, 6) is 2.76. The number of fused-ring (bicyclic) bond motifs is 2. The summed E-state index contributed by atoms with van der Waals surface area (Å²) in [6.45, 7) is 3.37. The lowest BCUT2D eigenvalue weighted by Crippen LogP contribution is -2.36. The minimum atomic E-state index is 0.170. The molecule has 1 aliphatic heterocycles. The molecule has 0 fully saturated rings. The number of hydrogen-bond donors (Lipinski definition) is 1. The summed E-state index contributed by atoms with van der Waals surface area (Å²) in [7, 11) is 6.97. The predicted octanol–water partition coefficient (Wildman–Crippen LogP) is 3.01. The number of methoxy groups -OCH3 is 3. The predicted molar refractivity (Wildman–Crippen MR) is 127 cm³/mol. The Labute approximate surface area is 195 Å². The van der Waals surface area contributed by atoms with E-state index in [-0.39, 0.29) is 11.7 Å². The van der Waals surface area contributed by atoms with E-state index in [9.17, 15) is 9.90 Å². The Hall–Kier alpha value is -2.93. The molecule has 0 saturated carbocycles. The highest BCUT2D eigenvalue weighted by Gasteiger charge is 2.29. The summed E-state index contributed by atoms with van der Waals surface area (Å²) < 4.78 is 16.1. The van der Waals surface area contributed by atoms with Gasteiger partial charge in [-0.2, -0.15) is 0 Å². The van der Waals surface area contributed by atoms with Crippen molar-refractivity contribution < 1.29 is 24.1 Å². The van der Waals surface area contributed by atoms with Crippen molar-refractivity contribution in [1.29, 1.82) is 0 Å². The van der Waals surface area contributed by atoms with Crippen LogP contribution in [-0.4, -0.2) is 75.4 Å². The molecule has 2 aromatic rings. The van der Waals surface area contributed by atoms with Crippen molar-refractivity contribution in [3.05, 3.63) is 46.5 Å². The molecule has 7 nitrogen and oxygen atoms in total. The third kappa shape index (κ3) is 4.88. The summed E-state index contributed by atoms with van der Waals surface area (Å²) in [6, 6.07) is 7.72. The second-order valence-corrected chi connectivity index (χ2v) is 9.02. The lowest BCUT2D eigenvalue weighted by molar-refractivity contribution is -0.130. The van der Waals surface area contributed by atoms with Gasteiger partial charge in [-0.25, -0.2) is 0 Å². The van der Waals surface area contributed by atoms with Crippen LogP contribution in [-0.2, 0) is 24.1 Å². The number of rotatable bonds is 9. The first-order valence-corrected chi connectivity index (χ1v) is 11.5. The van der Waals surface area contributed by atoms with E-state index in [2.05, 4.69) is 11.9 Å². The number of amides is 1. The second kappa shape index (κ2) is 9.91. The van der Waals surface area contributed by atoms with Gasteiger partial charge in [0.05, 0.1) is 27.8 Å². The fraction of sp³-hybridized carbons (Fsp3) is 0.500. The number of hydrogen-bond acceptors (Lipinski definition) is 6. The molecule has 1 N–H and O–H groups in total. The van der Waals surface area contributed by atoms with Gasteiger partial charge in [0.2, 0.25) is 5.91 Å². The zero-order valence-corrected chi connectivity index (χ0v) is 20.0. The molecule has 1 atom stereocenters. The summed E-state index contributed by atoms with van der Waals surface area (Å²) in [4.78, 5) is 17.2. The van der Waals surface area contributed by atoms with Crippen molar-refractivity contribution in [2.24, 2.45) is 0 Å². The maximum Gasteiger partial charge on any atom is 0.227 e. The number of benzene rings is 2. The van der Waals surface area contributed by atoms with Gasteiger partial charge in [0, 0.05) is 25.6 Å². The summed E-state index contributed by atoms with van der Waals surface area (Å²) in [6.07, 6.45) is 3.14. The minimum Gasteiger partial charge on any atom is -0.504 e. The molecule has 0 aromatic heterocycles. The molecular weight excluding hydrogens is 420 g/mol. The van der Waals surface area contributed by atoms with Gasteiger partial charge in [-0.05, 0) is 79.4 Å². The molecule has 1 heterocycles. The summed E-state index contributed by atoms with van der Waals surface area (Å²) in [5, 5.41) is 9.93. The molecule has 0 radical (unpaired) electrons. The first-order valence-electron chi connectivity index (χ1n) is 11.5. The molecule has 2 aromatic carbocycles. The van der Waals surface area contributed by atoms with Gasteiger partial charge in [0.15, 0.2) is 23.0 Å². The van der Waals surface area contributed by atoms with Gasteiger partial charge in [0.1, 0.15) is 0 Å². The van der Waals surface area contributed by atoms with E-state index in [1.165, 1.54) is 11.1 Å². The number of phenols is 1. The number of aromatic hydroxyl groups is 1. The van der Waals surface area contributed by atoms with Gasteiger partial charge in [-0.15, -0.1) is 0 Å². The standard InChI is InChI=1S/C26H34N2O5/c1-27(16-20-10-19-11-22(29)23(31-2)15-21(19)20)7-5-8-28-9-6-17-12-24(32-3)25(33-4)13-18(17)14-26(28)30/h11-13,15,20,29H,5-10,14,16H2,1-4H3. The minimum absolute atomic E-state index is 0.170. The first kappa shape index (κ1) is 23.2. The quantitative estimate of drug-likeness (QED) is 0.628. The average Bonchev–Trinajstić information content (AvgIpc) is 2.95. The number of carbonyl (C=O) groups excluding carboxylic acids is 1. The Morgan fingerprint density at radius 1 is 1.00 bits per heavy atom. The van der Waals surface area contributed by atoms with Crippen molar-refractivity contribution in [2.45, 2.75) is 31.6 Å². The summed E-state index contributed by atoms with van der Waals surface area (Å²) >= 11 is 0. The highest BCUT2D eigenvalue weighted by Crippen LogP contribution is 2.42. The molecule has 0 saturated heterocycles. The van der Waals surface area contributed by atoms with Crippen LogP contribution in [0.15, 0.2) is 24.3 Å². The number of phenolic OH excluding ortho intramolecular Hbond substituents is 1. The number of likely N-dealkylation sites (N-methyl/N-ethyl adjacent to an activating group) is 1. The Kier molecular flexibility index (Phi) is 6.98. The maximum atomic E-state index is 12.9. The number of nitrogens with zero attached hydrogens (tertiary/aromatic N) is 2. The number of ether oxygens (including phenoxy) is 3. The SMILES string of the molecule is COc1cc2c(cc1O)CC2CN(C)CCCN1CCc2cc(OC)c(OC)cc2CC1=O. The van der Waals surface area contributed by atoms with E-state index >= 15 is 0 Å². The molecule has 2 aliphatic rings. The third-order valence-electron chi connectivity index (χ3n) is 6.90. The van der Waals surface area contributed by atoms with E-state index < -0.39 is 0 Å². The molecular formula is C26H34N2O5.